The van der Waals surface area contributed by atoms with E-state index in [1.807, 2.05) is 0 Å². The minimum Gasteiger partial charge on any atom is -0.463 e. The highest BCUT2D eigenvalue weighted by atomic mass is 32.2. The van der Waals surface area contributed by atoms with Gasteiger partial charge in [-0.15, -0.1) is 0 Å². The van der Waals surface area contributed by atoms with Crippen molar-refractivity contribution in [2.75, 3.05) is 25.0 Å². The number of aliphatic hydroxyl groups is 1. The molecule has 1 aromatic heterocycles. The highest BCUT2D eigenvalue weighted by Crippen LogP contribution is 2.32. The molecule has 2 N–H and O–H groups in total. The highest BCUT2D eigenvalue weighted by Gasteiger charge is 2.32. The molecule has 1 saturated heterocycles. The third-order valence-corrected chi connectivity index (χ3v) is 6.69. The summed E-state index contributed by atoms with van der Waals surface area (Å²) in [6, 6.07) is 7.01. The van der Waals surface area contributed by atoms with Crippen molar-refractivity contribution >= 4 is 21.4 Å². The predicted molar refractivity (Wildman–Crippen MR) is 103 cm³/mol. The van der Waals surface area contributed by atoms with Gasteiger partial charge in [0.25, 0.3) is 5.69 Å². The molecule has 1 aliphatic heterocycles. The average Bonchev–Trinajstić information content (AvgIpc) is 3.32. The first kappa shape index (κ1) is 20.3. The van der Waals surface area contributed by atoms with E-state index in [0.717, 1.165) is 18.9 Å². The van der Waals surface area contributed by atoms with Crippen LogP contribution in [0.4, 0.5) is 11.4 Å². The van der Waals surface area contributed by atoms with E-state index in [0.29, 0.717) is 24.6 Å². The van der Waals surface area contributed by atoms with Gasteiger partial charge in [0.2, 0.25) is 10.0 Å². The van der Waals surface area contributed by atoms with Crippen LogP contribution in [0.3, 0.4) is 0 Å². The van der Waals surface area contributed by atoms with Crippen molar-refractivity contribution in [3.8, 4) is 0 Å². The van der Waals surface area contributed by atoms with Gasteiger partial charge in [0.05, 0.1) is 17.2 Å². The number of nitrogens with zero attached hydrogens (tertiary/aromatic N) is 2. The summed E-state index contributed by atoms with van der Waals surface area (Å²) >= 11 is 0. The number of nitro groups is 1. The fraction of sp³-hybridized carbons (Fsp3) is 0.444. The molecular weight excluding hydrogens is 386 g/mol. The van der Waals surface area contributed by atoms with Gasteiger partial charge in [-0.05, 0) is 44.9 Å². The summed E-state index contributed by atoms with van der Waals surface area (Å²) in [4.78, 5) is 10.3. The Kier molecular flexibility index (Phi) is 5.46. The van der Waals surface area contributed by atoms with E-state index in [1.54, 1.807) is 19.1 Å². The maximum absolute atomic E-state index is 13.0. The zero-order valence-corrected chi connectivity index (χ0v) is 16.5. The van der Waals surface area contributed by atoms with Gasteiger partial charge in [0.1, 0.15) is 22.0 Å². The van der Waals surface area contributed by atoms with Crippen LogP contribution in [-0.4, -0.2) is 42.4 Å². The lowest BCUT2D eigenvalue weighted by Gasteiger charge is -2.24. The lowest BCUT2D eigenvalue weighted by atomic mass is 10.0. The Morgan fingerprint density at radius 3 is 2.54 bits per heavy atom. The molecule has 1 atom stereocenters. The van der Waals surface area contributed by atoms with Crippen molar-refractivity contribution < 1.29 is 22.9 Å². The zero-order valence-electron chi connectivity index (χ0n) is 15.7. The normalized spacial score (nSPS) is 17.4. The number of rotatable bonds is 7. The van der Waals surface area contributed by atoms with Crippen molar-refractivity contribution in [3.05, 3.63) is 52.0 Å². The Labute approximate surface area is 163 Å². The summed E-state index contributed by atoms with van der Waals surface area (Å²) in [5.74, 6) is 0.978. The topological polar surface area (TPSA) is 126 Å². The van der Waals surface area contributed by atoms with Gasteiger partial charge in [0.15, 0.2) is 0 Å². The molecule has 0 spiro atoms. The second-order valence-corrected chi connectivity index (χ2v) is 8.99. The van der Waals surface area contributed by atoms with Crippen LogP contribution in [-0.2, 0) is 15.6 Å². The van der Waals surface area contributed by atoms with Gasteiger partial charge in [-0.1, -0.05) is 0 Å². The Hall–Kier alpha value is -2.43. The zero-order chi connectivity index (χ0) is 20.5. The SMILES string of the molecule is Cc1ccc(C(C)(O)CNc2ccc([N+](=O)[O-])cc2S(=O)(=O)N2CCCC2)o1. The number of hydrogen-bond acceptors (Lipinski definition) is 7. The number of benzene rings is 1. The van der Waals surface area contributed by atoms with Crippen molar-refractivity contribution in [2.45, 2.75) is 37.2 Å². The molecule has 1 fully saturated rings. The van der Waals surface area contributed by atoms with Crippen molar-refractivity contribution in [1.29, 1.82) is 0 Å². The smallest absolute Gasteiger partial charge is 0.270 e. The lowest BCUT2D eigenvalue weighted by Crippen LogP contribution is -2.32. The fourth-order valence-electron chi connectivity index (χ4n) is 3.13. The standard InChI is InChI=1S/C18H23N3O6S/c1-13-5-8-17(27-13)18(2,22)12-19-15-7-6-14(21(23)24)11-16(15)28(25,26)20-9-3-4-10-20/h5-8,11,19,22H,3-4,9-10,12H2,1-2H3. The summed E-state index contributed by atoms with van der Waals surface area (Å²) in [6.07, 6.45) is 1.51. The molecule has 0 aliphatic carbocycles. The van der Waals surface area contributed by atoms with Crippen molar-refractivity contribution in [3.63, 3.8) is 0 Å². The van der Waals surface area contributed by atoms with Crippen LogP contribution in [0.25, 0.3) is 0 Å². The summed E-state index contributed by atoms with van der Waals surface area (Å²) < 4.78 is 32.8. The first-order valence-corrected chi connectivity index (χ1v) is 10.4. The van der Waals surface area contributed by atoms with Crippen LogP contribution in [0, 0.1) is 17.0 Å². The monoisotopic (exact) mass is 409 g/mol. The molecule has 1 aliphatic rings. The number of sulfonamides is 1. The summed E-state index contributed by atoms with van der Waals surface area (Å²) in [6.45, 7) is 4.02. The van der Waals surface area contributed by atoms with E-state index in [9.17, 15) is 23.6 Å². The molecular formula is C18H23N3O6S. The van der Waals surface area contributed by atoms with Crippen LogP contribution in [0.15, 0.2) is 39.6 Å². The van der Waals surface area contributed by atoms with Crippen molar-refractivity contribution in [2.24, 2.45) is 0 Å². The molecule has 1 aromatic carbocycles. The fourth-order valence-corrected chi connectivity index (χ4v) is 4.83. The first-order chi connectivity index (χ1) is 13.1. The molecule has 152 valence electrons. The number of nitrogens with one attached hydrogen (secondary N) is 1. The van der Waals surface area contributed by atoms with E-state index < -0.39 is 20.5 Å². The molecule has 0 bridgehead atoms. The number of anilines is 1. The molecule has 10 heteroatoms. The largest absolute Gasteiger partial charge is 0.463 e. The molecule has 1 unspecified atom stereocenters. The second kappa shape index (κ2) is 7.53. The van der Waals surface area contributed by atoms with E-state index in [4.69, 9.17) is 4.42 Å². The number of nitro benzene ring substituents is 1. The maximum atomic E-state index is 13.0. The molecule has 0 saturated carbocycles. The molecule has 0 amide bonds. The first-order valence-electron chi connectivity index (χ1n) is 8.93. The molecule has 0 radical (unpaired) electrons. The Balaban J connectivity index is 1.93. The predicted octanol–water partition coefficient (Wildman–Crippen LogP) is 2.60. The molecule has 2 aromatic rings. The highest BCUT2D eigenvalue weighted by molar-refractivity contribution is 7.89. The van der Waals surface area contributed by atoms with Gasteiger partial charge in [-0.2, -0.15) is 4.31 Å². The Morgan fingerprint density at radius 2 is 1.96 bits per heavy atom. The van der Waals surface area contributed by atoms with Crippen LogP contribution < -0.4 is 5.32 Å². The molecule has 28 heavy (non-hydrogen) atoms. The summed E-state index contributed by atoms with van der Waals surface area (Å²) in [7, 11) is -3.89. The van der Waals surface area contributed by atoms with Gasteiger partial charge in [0, 0.05) is 25.2 Å². The minimum absolute atomic E-state index is 0.0414. The lowest BCUT2D eigenvalue weighted by molar-refractivity contribution is -0.385. The van der Waals surface area contributed by atoms with E-state index in [2.05, 4.69) is 5.32 Å². The van der Waals surface area contributed by atoms with Crippen LogP contribution in [0.2, 0.25) is 0 Å². The van der Waals surface area contributed by atoms with Crippen LogP contribution in [0.5, 0.6) is 0 Å². The number of hydrogen-bond donors (Lipinski definition) is 2. The third kappa shape index (κ3) is 4.03. The van der Waals surface area contributed by atoms with E-state index >= 15 is 0 Å². The molecule has 3 rings (SSSR count). The number of aryl methyl sites for hydroxylation is 1. The summed E-state index contributed by atoms with van der Waals surface area (Å²) in [5, 5.41) is 24.7. The minimum atomic E-state index is -3.89. The van der Waals surface area contributed by atoms with Crippen LogP contribution >= 0.6 is 0 Å². The van der Waals surface area contributed by atoms with E-state index in [1.165, 1.54) is 23.4 Å². The van der Waals surface area contributed by atoms with Gasteiger partial charge < -0.3 is 14.8 Å². The van der Waals surface area contributed by atoms with Gasteiger partial charge in [-0.25, -0.2) is 8.42 Å². The van der Waals surface area contributed by atoms with E-state index in [-0.39, 0.29) is 22.8 Å². The maximum Gasteiger partial charge on any atom is 0.270 e. The van der Waals surface area contributed by atoms with Gasteiger partial charge >= 0.3 is 0 Å². The Bertz CT molecular complexity index is 977. The van der Waals surface area contributed by atoms with Crippen LogP contribution in [0.1, 0.15) is 31.3 Å². The third-order valence-electron chi connectivity index (χ3n) is 4.75. The molecule has 9 nitrogen and oxygen atoms in total. The number of furan rings is 1. The quantitative estimate of drug-likeness (QED) is 0.532. The molecule has 2 heterocycles. The van der Waals surface area contributed by atoms with Crippen molar-refractivity contribution in [1.82, 2.24) is 4.31 Å². The summed E-state index contributed by atoms with van der Waals surface area (Å²) in [5.41, 5.74) is -1.51. The Morgan fingerprint density at radius 1 is 1.29 bits per heavy atom. The van der Waals surface area contributed by atoms with Gasteiger partial charge in [-0.3, -0.25) is 10.1 Å². The average molecular weight is 409 g/mol. The number of non-ortho nitro benzene ring substituents is 1. The second-order valence-electron chi connectivity index (χ2n) is 7.09.